The Kier molecular flexibility index (Phi) is 4.32. The van der Waals surface area contributed by atoms with Gasteiger partial charge in [0.1, 0.15) is 11.0 Å². The molecule has 2 rings (SSSR count). The summed E-state index contributed by atoms with van der Waals surface area (Å²) >= 11 is 3.24. The summed E-state index contributed by atoms with van der Waals surface area (Å²) in [5.41, 5.74) is 0.560. The van der Waals surface area contributed by atoms with Crippen LogP contribution in [-0.4, -0.2) is 13.4 Å². The second-order valence-electron chi connectivity index (χ2n) is 3.86. The number of aromatic nitrogens is 1. The minimum Gasteiger partial charge on any atom is -0.264 e. The first-order valence-electron chi connectivity index (χ1n) is 5.56. The van der Waals surface area contributed by atoms with Gasteiger partial charge in [-0.15, -0.1) is 0 Å². The fraction of sp³-hybridized carbons (Fsp3) is 0. The molecular formula is C14H9BrN2O2S. The normalized spacial score (nSPS) is 11.9. The minimum atomic E-state index is -3.81. The van der Waals surface area contributed by atoms with Gasteiger partial charge in [-0.1, -0.05) is 22.0 Å². The molecular weight excluding hydrogens is 340 g/mol. The van der Waals surface area contributed by atoms with E-state index in [-0.39, 0.29) is 9.80 Å². The Balaban J connectivity index is 2.49. The highest BCUT2D eigenvalue weighted by molar-refractivity contribution is 9.10. The number of allylic oxidation sites excluding steroid dienone is 1. The second kappa shape index (κ2) is 5.99. The first kappa shape index (κ1) is 14.4. The summed E-state index contributed by atoms with van der Waals surface area (Å²) in [6.07, 6.45) is 4.38. The van der Waals surface area contributed by atoms with Crippen LogP contribution in [0, 0.1) is 11.3 Å². The van der Waals surface area contributed by atoms with Crippen LogP contribution in [0.2, 0.25) is 0 Å². The Hall–Kier alpha value is -1.97. The van der Waals surface area contributed by atoms with Crippen LogP contribution >= 0.6 is 15.9 Å². The zero-order valence-electron chi connectivity index (χ0n) is 10.2. The summed E-state index contributed by atoms with van der Waals surface area (Å²) in [7, 11) is -3.81. The van der Waals surface area contributed by atoms with E-state index in [1.54, 1.807) is 36.5 Å². The first-order valence-corrected chi connectivity index (χ1v) is 7.84. The number of hydrogen-bond acceptors (Lipinski definition) is 4. The molecule has 0 unspecified atom stereocenters. The number of rotatable bonds is 3. The number of halogens is 1. The molecule has 0 aliphatic carbocycles. The molecule has 20 heavy (non-hydrogen) atoms. The molecule has 0 fully saturated rings. The Morgan fingerprint density at radius 2 is 1.95 bits per heavy atom. The first-order chi connectivity index (χ1) is 9.54. The van der Waals surface area contributed by atoms with Gasteiger partial charge in [0.25, 0.3) is 0 Å². The Labute approximate surface area is 125 Å². The topological polar surface area (TPSA) is 70.8 Å². The van der Waals surface area contributed by atoms with Crippen LogP contribution in [0.4, 0.5) is 0 Å². The van der Waals surface area contributed by atoms with Gasteiger partial charge in [-0.25, -0.2) is 8.42 Å². The highest BCUT2D eigenvalue weighted by atomic mass is 79.9. The van der Waals surface area contributed by atoms with E-state index in [2.05, 4.69) is 20.9 Å². The zero-order chi connectivity index (χ0) is 14.6. The van der Waals surface area contributed by atoms with Crippen LogP contribution in [0.5, 0.6) is 0 Å². The van der Waals surface area contributed by atoms with Crippen LogP contribution in [0.1, 0.15) is 5.56 Å². The molecule has 0 N–H and O–H groups in total. The van der Waals surface area contributed by atoms with Gasteiger partial charge in [0.2, 0.25) is 9.84 Å². The van der Waals surface area contributed by atoms with Gasteiger partial charge in [-0.3, -0.25) is 4.98 Å². The van der Waals surface area contributed by atoms with Gasteiger partial charge in [0.05, 0.1) is 4.90 Å². The summed E-state index contributed by atoms with van der Waals surface area (Å²) in [6.45, 7) is 0. The zero-order valence-corrected chi connectivity index (χ0v) is 12.6. The molecule has 1 heterocycles. The van der Waals surface area contributed by atoms with Gasteiger partial charge in [0.15, 0.2) is 0 Å². The maximum absolute atomic E-state index is 12.4. The van der Waals surface area contributed by atoms with Crippen molar-refractivity contribution in [3.63, 3.8) is 0 Å². The number of nitrogens with zero attached hydrogens (tertiary/aromatic N) is 2. The molecule has 100 valence electrons. The van der Waals surface area contributed by atoms with Crippen molar-refractivity contribution in [2.75, 3.05) is 0 Å². The average molecular weight is 349 g/mol. The monoisotopic (exact) mass is 348 g/mol. The fourth-order valence-corrected chi connectivity index (χ4v) is 2.95. The molecule has 0 aliphatic rings. The Morgan fingerprint density at radius 3 is 2.50 bits per heavy atom. The van der Waals surface area contributed by atoms with E-state index >= 15 is 0 Å². The van der Waals surface area contributed by atoms with E-state index in [9.17, 15) is 8.42 Å². The van der Waals surface area contributed by atoms with Gasteiger partial charge in [-0.05, 0) is 42.0 Å². The minimum absolute atomic E-state index is 0.0809. The van der Waals surface area contributed by atoms with Gasteiger partial charge in [-0.2, -0.15) is 5.26 Å². The summed E-state index contributed by atoms with van der Waals surface area (Å²) in [5, 5.41) is 9.11. The van der Waals surface area contributed by atoms with Crippen molar-refractivity contribution in [1.82, 2.24) is 4.98 Å². The molecule has 0 spiro atoms. The summed E-state index contributed by atoms with van der Waals surface area (Å²) < 4.78 is 25.5. The number of nitriles is 1. The van der Waals surface area contributed by atoms with Crippen LogP contribution in [0.3, 0.4) is 0 Å². The predicted octanol–water partition coefficient (Wildman–Crippen LogP) is 3.18. The number of hydrogen-bond donors (Lipinski definition) is 0. The lowest BCUT2D eigenvalue weighted by Crippen LogP contribution is -2.03. The van der Waals surface area contributed by atoms with Gasteiger partial charge < -0.3 is 0 Å². The third-order valence-electron chi connectivity index (χ3n) is 2.51. The highest BCUT2D eigenvalue weighted by Crippen LogP contribution is 2.22. The van der Waals surface area contributed by atoms with E-state index in [1.807, 2.05) is 0 Å². The van der Waals surface area contributed by atoms with E-state index in [1.165, 1.54) is 24.4 Å². The summed E-state index contributed by atoms with van der Waals surface area (Å²) in [6, 6.07) is 11.2. The summed E-state index contributed by atoms with van der Waals surface area (Å²) in [5.74, 6) is 0. The van der Waals surface area contributed by atoms with Crippen molar-refractivity contribution in [3.05, 3.63) is 63.7 Å². The van der Waals surface area contributed by atoms with Crippen molar-refractivity contribution < 1.29 is 8.42 Å². The van der Waals surface area contributed by atoms with Crippen LogP contribution < -0.4 is 0 Å². The molecule has 0 amide bonds. The largest absolute Gasteiger partial charge is 0.264 e. The molecule has 0 atom stereocenters. The standard InChI is InChI=1S/C14H9BrN2O2S/c15-12-3-5-13(6-4-12)20(18,19)14(9-16)8-11-2-1-7-17-10-11/h1-8,10H/b14-8-. The Bertz CT molecular complexity index is 776. The van der Waals surface area contributed by atoms with Crippen molar-refractivity contribution >= 4 is 31.8 Å². The lowest BCUT2D eigenvalue weighted by atomic mass is 10.3. The number of sulfone groups is 1. The highest BCUT2D eigenvalue weighted by Gasteiger charge is 2.20. The van der Waals surface area contributed by atoms with Crippen molar-refractivity contribution in [3.8, 4) is 6.07 Å². The maximum atomic E-state index is 12.4. The SMILES string of the molecule is N#C/C(=C/c1cccnc1)S(=O)(=O)c1ccc(Br)cc1. The fourth-order valence-electron chi connectivity index (χ4n) is 1.52. The van der Waals surface area contributed by atoms with Crippen molar-refractivity contribution in [1.29, 1.82) is 5.26 Å². The molecule has 0 bridgehead atoms. The number of pyridine rings is 1. The van der Waals surface area contributed by atoms with Gasteiger partial charge in [0, 0.05) is 16.9 Å². The molecule has 6 heteroatoms. The quantitative estimate of drug-likeness (QED) is 0.798. The summed E-state index contributed by atoms with van der Waals surface area (Å²) in [4.78, 5) is 3.65. The van der Waals surface area contributed by atoms with Crippen LogP contribution in [-0.2, 0) is 9.84 Å². The van der Waals surface area contributed by atoms with E-state index < -0.39 is 9.84 Å². The molecule has 1 aromatic carbocycles. The molecule has 0 saturated heterocycles. The van der Waals surface area contributed by atoms with Crippen molar-refractivity contribution in [2.24, 2.45) is 0 Å². The second-order valence-corrected chi connectivity index (χ2v) is 6.70. The average Bonchev–Trinajstić information content (AvgIpc) is 2.46. The van der Waals surface area contributed by atoms with E-state index in [4.69, 9.17) is 5.26 Å². The van der Waals surface area contributed by atoms with Crippen LogP contribution in [0.15, 0.2) is 63.1 Å². The smallest absolute Gasteiger partial charge is 0.216 e. The van der Waals surface area contributed by atoms with E-state index in [0.717, 1.165) is 4.47 Å². The molecule has 0 radical (unpaired) electrons. The van der Waals surface area contributed by atoms with Crippen molar-refractivity contribution in [2.45, 2.75) is 4.90 Å². The molecule has 0 aliphatic heterocycles. The van der Waals surface area contributed by atoms with Gasteiger partial charge >= 0.3 is 0 Å². The molecule has 1 aromatic heterocycles. The predicted molar refractivity (Wildman–Crippen MR) is 79.2 cm³/mol. The molecule has 0 saturated carbocycles. The Morgan fingerprint density at radius 1 is 1.25 bits per heavy atom. The van der Waals surface area contributed by atoms with E-state index in [0.29, 0.717) is 5.56 Å². The number of benzene rings is 1. The third kappa shape index (κ3) is 3.13. The lowest BCUT2D eigenvalue weighted by Gasteiger charge is -2.03. The van der Waals surface area contributed by atoms with Crippen LogP contribution in [0.25, 0.3) is 6.08 Å². The third-order valence-corrected chi connectivity index (χ3v) is 4.72. The lowest BCUT2D eigenvalue weighted by molar-refractivity contribution is 0.603. The molecule has 4 nitrogen and oxygen atoms in total. The molecule has 2 aromatic rings. The maximum Gasteiger partial charge on any atom is 0.216 e.